The summed E-state index contributed by atoms with van der Waals surface area (Å²) in [6, 6.07) is -5.47. The van der Waals surface area contributed by atoms with Gasteiger partial charge in [0.15, 0.2) is 0 Å². The zero-order valence-corrected chi connectivity index (χ0v) is 17.9. The fourth-order valence-corrected chi connectivity index (χ4v) is 2.48. The molecule has 0 bridgehead atoms. The molecule has 0 rings (SSSR count). The highest BCUT2D eigenvalue weighted by Crippen LogP contribution is 2.05. The molecule has 182 valence electrons. The second kappa shape index (κ2) is 13.9. The van der Waals surface area contributed by atoms with Crippen molar-refractivity contribution in [1.82, 2.24) is 16.0 Å². The minimum Gasteiger partial charge on any atom is -0.481 e. The van der Waals surface area contributed by atoms with Crippen LogP contribution in [0.1, 0.15) is 39.5 Å². The van der Waals surface area contributed by atoms with Crippen molar-refractivity contribution in [3.05, 3.63) is 0 Å². The first-order chi connectivity index (χ1) is 14.8. The molecule has 0 aromatic heterocycles. The molecule has 0 spiro atoms. The van der Waals surface area contributed by atoms with Crippen molar-refractivity contribution in [2.75, 3.05) is 6.61 Å². The summed E-state index contributed by atoms with van der Waals surface area (Å²) in [5.41, 5.74) is 10.6. The number of carboxylic acids is 2. The fourth-order valence-electron chi connectivity index (χ4n) is 2.48. The summed E-state index contributed by atoms with van der Waals surface area (Å²) < 4.78 is 0. The van der Waals surface area contributed by atoms with Gasteiger partial charge in [0.25, 0.3) is 0 Å². The number of carbonyl (C=O) groups is 6. The standard InChI is InChI=1S/C18H31N5O9/c1-8(2)14(18(31)32)23-16(29)10(4-6-13(26)27)21-17(30)11(7-24)22-15(28)9(19)3-5-12(20)25/h8-11,14,24H,3-7,19H2,1-2H3,(H2,20,25)(H,21,30)(H,22,28)(H,23,29)(H,26,27)(H,31,32). The lowest BCUT2D eigenvalue weighted by molar-refractivity contribution is -0.144. The lowest BCUT2D eigenvalue weighted by atomic mass is 10.0. The van der Waals surface area contributed by atoms with Gasteiger partial charge in [-0.2, -0.15) is 0 Å². The van der Waals surface area contributed by atoms with Crippen LogP contribution in [-0.4, -0.2) is 81.7 Å². The van der Waals surface area contributed by atoms with Crippen molar-refractivity contribution in [2.45, 2.75) is 63.7 Å². The number of nitrogens with one attached hydrogen (secondary N) is 3. The zero-order chi connectivity index (χ0) is 25.0. The third-order valence-electron chi connectivity index (χ3n) is 4.36. The first-order valence-corrected chi connectivity index (χ1v) is 9.80. The Bertz CT molecular complexity index is 713. The van der Waals surface area contributed by atoms with E-state index in [0.717, 1.165) is 0 Å². The van der Waals surface area contributed by atoms with E-state index in [0.29, 0.717) is 0 Å². The monoisotopic (exact) mass is 461 g/mol. The summed E-state index contributed by atoms with van der Waals surface area (Å²) in [6.07, 6.45) is -1.17. The van der Waals surface area contributed by atoms with Crippen LogP contribution in [0.25, 0.3) is 0 Å². The fraction of sp³-hybridized carbons (Fsp3) is 0.667. The number of amides is 4. The highest BCUT2D eigenvalue weighted by atomic mass is 16.4. The van der Waals surface area contributed by atoms with Crippen LogP contribution in [0, 0.1) is 5.92 Å². The molecule has 4 unspecified atom stereocenters. The van der Waals surface area contributed by atoms with Gasteiger partial charge in [0.1, 0.15) is 18.1 Å². The molecule has 0 aliphatic rings. The molecule has 0 radical (unpaired) electrons. The van der Waals surface area contributed by atoms with Gasteiger partial charge in [0.2, 0.25) is 23.6 Å². The number of aliphatic hydroxyl groups excluding tert-OH is 1. The minimum atomic E-state index is -1.54. The van der Waals surface area contributed by atoms with Crippen LogP contribution in [0.4, 0.5) is 0 Å². The van der Waals surface area contributed by atoms with Crippen LogP contribution in [0.3, 0.4) is 0 Å². The molecule has 0 aliphatic carbocycles. The lowest BCUT2D eigenvalue weighted by Gasteiger charge is -2.25. The van der Waals surface area contributed by atoms with Gasteiger partial charge in [0, 0.05) is 12.8 Å². The number of rotatable bonds is 15. The van der Waals surface area contributed by atoms with Gasteiger partial charge >= 0.3 is 11.9 Å². The molecule has 32 heavy (non-hydrogen) atoms. The molecule has 4 amide bonds. The van der Waals surface area contributed by atoms with E-state index in [2.05, 4.69) is 16.0 Å². The topological polar surface area (TPSA) is 251 Å². The third-order valence-corrected chi connectivity index (χ3v) is 4.36. The smallest absolute Gasteiger partial charge is 0.326 e. The number of hydrogen-bond acceptors (Lipinski definition) is 8. The van der Waals surface area contributed by atoms with Crippen molar-refractivity contribution in [3.8, 4) is 0 Å². The summed E-state index contributed by atoms with van der Waals surface area (Å²) in [5, 5.41) is 34.1. The van der Waals surface area contributed by atoms with Crippen LogP contribution >= 0.6 is 0 Å². The van der Waals surface area contributed by atoms with E-state index in [-0.39, 0.29) is 19.3 Å². The van der Waals surface area contributed by atoms with Gasteiger partial charge in [0.05, 0.1) is 12.6 Å². The minimum absolute atomic E-state index is 0.101. The van der Waals surface area contributed by atoms with Crippen LogP contribution < -0.4 is 27.4 Å². The van der Waals surface area contributed by atoms with E-state index in [4.69, 9.17) is 16.6 Å². The summed E-state index contributed by atoms with van der Waals surface area (Å²) in [5.74, 6) is -6.59. The highest BCUT2D eigenvalue weighted by Gasteiger charge is 2.31. The first kappa shape index (κ1) is 28.7. The summed E-state index contributed by atoms with van der Waals surface area (Å²) in [4.78, 5) is 70.0. The Hall–Kier alpha value is -3.26. The molecular weight excluding hydrogens is 430 g/mol. The van der Waals surface area contributed by atoms with Gasteiger partial charge in [-0.15, -0.1) is 0 Å². The summed E-state index contributed by atoms with van der Waals surface area (Å²) in [7, 11) is 0. The molecule has 0 heterocycles. The molecule has 0 aliphatic heterocycles. The van der Waals surface area contributed by atoms with Crippen molar-refractivity contribution in [3.63, 3.8) is 0 Å². The number of primary amides is 1. The average Bonchev–Trinajstić information content (AvgIpc) is 2.69. The molecule has 0 aromatic rings. The highest BCUT2D eigenvalue weighted by molar-refractivity contribution is 5.94. The van der Waals surface area contributed by atoms with Gasteiger partial charge in [-0.05, 0) is 18.8 Å². The number of aliphatic hydroxyl groups is 1. The first-order valence-electron chi connectivity index (χ1n) is 9.80. The SMILES string of the molecule is CC(C)C(NC(=O)C(CCC(=O)O)NC(=O)C(CO)NC(=O)C(N)CCC(N)=O)C(=O)O. The second-order valence-corrected chi connectivity index (χ2v) is 7.42. The van der Waals surface area contributed by atoms with Crippen molar-refractivity contribution < 1.29 is 44.1 Å². The Kier molecular flexibility index (Phi) is 12.5. The Morgan fingerprint density at radius 2 is 1.34 bits per heavy atom. The average molecular weight is 461 g/mol. The number of carbonyl (C=O) groups excluding carboxylic acids is 4. The quantitative estimate of drug-likeness (QED) is 0.120. The second-order valence-electron chi connectivity index (χ2n) is 7.42. The van der Waals surface area contributed by atoms with Crippen LogP contribution in [-0.2, 0) is 28.8 Å². The van der Waals surface area contributed by atoms with E-state index in [1.807, 2.05) is 0 Å². The third kappa shape index (κ3) is 10.7. The molecule has 10 N–H and O–H groups in total. The van der Waals surface area contributed by atoms with E-state index in [9.17, 15) is 39.0 Å². The normalized spacial score (nSPS) is 14.5. The largest absolute Gasteiger partial charge is 0.481 e. The number of aliphatic carboxylic acids is 2. The molecule has 14 heteroatoms. The predicted octanol–water partition coefficient (Wildman–Crippen LogP) is -3.37. The van der Waals surface area contributed by atoms with Crippen LogP contribution in [0.15, 0.2) is 0 Å². The molecule has 4 atom stereocenters. The van der Waals surface area contributed by atoms with Crippen molar-refractivity contribution in [2.24, 2.45) is 17.4 Å². The number of hydrogen-bond donors (Lipinski definition) is 8. The van der Waals surface area contributed by atoms with Gasteiger partial charge < -0.3 is 42.7 Å². The number of nitrogens with two attached hydrogens (primary N) is 2. The van der Waals surface area contributed by atoms with Crippen LogP contribution in [0.5, 0.6) is 0 Å². The maximum absolute atomic E-state index is 12.5. The Morgan fingerprint density at radius 3 is 1.78 bits per heavy atom. The Morgan fingerprint density at radius 1 is 0.812 bits per heavy atom. The zero-order valence-electron chi connectivity index (χ0n) is 17.9. The van der Waals surface area contributed by atoms with Gasteiger partial charge in [-0.3, -0.25) is 24.0 Å². The van der Waals surface area contributed by atoms with Crippen LogP contribution in [0.2, 0.25) is 0 Å². The molecule has 0 saturated heterocycles. The molecule has 0 saturated carbocycles. The van der Waals surface area contributed by atoms with E-state index >= 15 is 0 Å². The predicted molar refractivity (Wildman–Crippen MR) is 109 cm³/mol. The maximum Gasteiger partial charge on any atom is 0.326 e. The Balaban J connectivity index is 5.28. The maximum atomic E-state index is 12.5. The van der Waals surface area contributed by atoms with E-state index < -0.39 is 78.7 Å². The van der Waals surface area contributed by atoms with Gasteiger partial charge in [-0.1, -0.05) is 13.8 Å². The summed E-state index contributed by atoms with van der Waals surface area (Å²) in [6.45, 7) is 2.21. The van der Waals surface area contributed by atoms with Crippen molar-refractivity contribution >= 4 is 35.6 Å². The molecule has 0 fully saturated rings. The molecule has 0 aromatic carbocycles. The molecular formula is C18H31N5O9. The molecule has 14 nitrogen and oxygen atoms in total. The number of carboxylic acid groups (broad SMARTS) is 2. The van der Waals surface area contributed by atoms with E-state index in [1.54, 1.807) is 13.8 Å². The Labute approximate surface area is 184 Å². The van der Waals surface area contributed by atoms with Crippen molar-refractivity contribution in [1.29, 1.82) is 0 Å². The van der Waals surface area contributed by atoms with Gasteiger partial charge in [-0.25, -0.2) is 4.79 Å². The van der Waals surface area contributed by atoms with E-state index in [1.165, 1.54) is 0 Å². The summed E-state index contributed by atoms with van der Waals surface area (Å²) >= 11 is 0. The lowest BCUT2D eigenvalue weighted by Crippen LogP contribution is -2.58.